The molecule has 0 radical (unpaired) electrons. The van der Waals surface area contributed by atoms with Gasteiger partial charge >= 0.3 is 0 Å². The third kappa shape index (κ3) is 2.84. The van der Waals surface area contributed by atoms with Crippen LogP contribution in [0.1, 0.15) is 0 Å². The van der Waals surface area contributed by atoms with Gasteiger partial charge in [0.25, 0.3) is 0 Å². The lowest BCUT2D eigenvalue weighted by Crippen LogP contribution is -2.07. The Balaban J connectivity index is 2.76. The predicted molar refractivity (Wildman–Crippen MR) is 48.9 cm³/mol. The number of hydrogen-bond acceptors (Lipinski definition) is 3. The molecular weight excluding hydrogens is 176 g/mol. The molecule has 0 aliphatic rings. The normalized spacial score (nSPS) is 10.6. The average molecular weight is 185 g/mol. The second kappa shape index (κ2) is 4.01. The minimum absolute atomic E-state index is 0.399. The van der Waals surface area contributed by atoms with Crippen molar-refractivity contribution >= 4 is 23.8 Å². The van der Waals surface area contributed by atoms with E-state index in [1.54, 1.807) is 12.4 Å². The molecule has 12 heavy (non-hydrogen) atoms. The lowest BCUT2D eigenvalue weighted by molar-refractivity contribution is 0.643. The summed E-state index contributed by atoms with van der Waals surface area (Å²) in [7, 11) is 3.76. The molecular formula is C7H9ClN4. The molecule has 4 nitrogen and oxygen atoms in total. The standard InChI is InChI=1S/C7H9ClN4/c1-12(2)5-11-7-3-6(8)9-4-10-7/h3-5H,1-2H3. The summed E-state index contributed by atoms with van der Waals surface area (Å²) in [5.41, 5.74) is 0. The molecule has 0 N–H and O–H groups in total. The van der Waals surface area contributed by atoms with Crippen molar-refractivity contribution in [3.05, 3.63) is 17.5 Å². The van der Waals surface area contributed by atoms with E-state index in [1.165, 1.54) is 6.33 Å². The van der Waals surface area contributed by atoms with Gasteiger partial charge in [-0.3, -0.25) is 0 Å². The van der Waals surface area contributed by atoms with Crippen LogP contribution >= 0.6 is 11.6 Å². The number of rotatable bonds is 2. The molecule has 64 valence electrons. The molecule has 5 heteroatoms. The predicted octanol–water partition coefficient (Wildman–Crippen LogP) is 1.35. The van der Waals surface area contributed by atoms with E-state index < -0.39 is 0 Å². The second-order valence-corrected chi connectivity index (χ2v) is 2.79. The Morgan fingerprint density at radius 1 is 1.50 bits per heavy atom. The molecule has 1 aromatic rings. The van der Waals surface area contributed by atoms with Crippen LogP contribution in [-0.4, -0.2) is 35.3 Å². The van der Waals surface area contributed by atoms with Crippen LogP contribution in [0.15, 0.2) is 17.4 Å². The maximum atomic E-state index is 5.62. The topological polar surface area (TPSA) is 41.4 Å². The van der Waals surface area contributed by atoms with Crippen LogP contribution in [0.5, 0.6) is 0 Å². The number of aromatic nitrogens is 2. The van der Waals surface area contributed by atoms with E-state index in [4.69, 9.17) is 11.6 Å². The van der Waals surface area contributed by atoms with Gasteiger partial charge in [0.15, 0.2) is 5.82 Å². The Morgan fingerprint density at radius 3 is 2.83 bits per heavy atom. The Morgan fingerprint density at radius 2 is 2.25 bits per heavy atom. The lowest BCUT2D eigenvalue weighted by Gasteiger charge is -2.01. The van der Waals surface area contributed by atoms with E-state index in [2.05, 4.69) is 15.0 Å². The third-order valence-electron chi connectivity index (χ3n) is 1.04. The van der Waals surface area contributed by atoms with E-state index in [0.717, 1.165) is 0 Å². The van der Waals surface area contributed by atoms with Crippen molar-refractivity contribution in [3.8, 4) is 0 Å². The summed E-state index contributed by atoms with van der Waals surface area (Å²) in [5, 5.41) is 0.399. The SMILES string of the molecule is CN(C)C=Nc1cc(Cl)ncn1. The monoisotopic (exact) mass is 184 g/mol. The highest BCUT2D eigenvalue weighted by Gasteiger charge is 1.91. The quantitative estimate of drug-likeness (QED) is 0.396. The molecule has 1 heterocycles. The molecule has 0 atom stereocenters. The molecule has 0 aliphatic heterocycles. The van der Waals surface area contributed by atoms with E-state index in [1.807, 2.05) is 19.0 Å². The molecule has 0 spiro atoms. The van der Waals surface area contributed by atoms with Gasteiger partial charge in [0.2, 0.25) is 0 Å². The fourth-order valence-electron chi connectivity index (χ4n) is 0.569. The fraction of sp³-hybridized carbons (Fsp3) is 0.286. The average Bonchev–Trinajstić information content (AvgIpc) is 2.01. The first-order chi connectivity index (χ1) is 5.68. The van der Waals surface area contributed by atoms with Crippen molar-refractivity contribution < 1.29 is 0 Å². The highest BCUT2D eigenvalue weighted by atomic mass is 35.5. The molecule has 0 saturated heterocycles. The van der Waals surface area contributed by atoms with Crippen LogP contribution in [-0.2, 0) is 0 Å². The van der Waals surface area contributed by atoms with Gasteiger partial charge in [0.05, 0.1) is 6.34 Å². The van der Waals surface area contributed by atoms with Crippen LogP contribution < -0.4 is 0 Å². The van der Waals surface area contributed by atoms with Crippen LogP contribution in [0.2, 0.25) is 5.15 Å². The highest BCUT2D eigenvalue weighted by Crippen LogP contribution is 2.10. The maximum absolute atomic E-state index is 5.62. The summed E-state index contributed by atoms with van der Waals surface area (Å²) in [5.74, 6) is 0.559. The van der Waals surface area contributed by atoms with E-state index in [9.17, 15) is 0 Å². The molecule has 1 aromatic heterocycles. The third-order valence-corrected chi connectivity index (χ3v) is 1.25. The van der Waals surface area contributed by atoms with E-state index >= 15 is 0 Å². The van der Waals surface area contributed by atoms with Gasteiger partial charge in [-0.05, 0) is 0 Å². The first-order valence-electron chi connectivity index (χ1n) is 3.36. The summed E-state index contributed by atoms with van der Waals surface area (Å²) in [6.07, 6.45) is 3.03. The second-order valence-electron chi connectivity index (χ2n) is 2.41. The van der Waals surface area contributed by atoms with Crippen molar-refractivity contribution in [1.29, 1.82) is 0 Å². The van der Waals surface area contributed by atoms with Crippen molar-refractivity contribution in [2.45, 2.75) is 0 Å². The Hall–Kier alpha value is -1.16. The van der Waals surface area contributed by atoms with E-state index in [0.29, 0.717) is 11.0 Å². The first kappa shape index (κ1) is 8.93. The van der Waals surface area contributed by atoms with Crippen LogP contribution in [0.4, 0.5) is 5.82 Å². The van der Waals surface area contributed by atoms with Crippen LogP contribution in [0, 0.1) is 0 Å². The molecule has 0 amide bonds. The smallest absolute Gasteiger partial charge is 0.158 e. The van der Waals surface area contributed by atoms with Gasteiger partial charge in [-0.2, -0.15) is 0 Å². The van der Waals surface area contributed by atoms with Crippen LogP contribution in [0.3, 0.4) is 0 Å². The summed E-state index contributed by atoms with van der Waals surface area (Å²) in [6, 6.07) is 1.60. The summed E-state index contributed by atoms with van der Waals surface area (Å²) in [4.78, 5) is 13.5. The molecule has 0 aliphatic carbocycles. The zero-order chi connectivity index (χ0) is 8.97. The van der Waals surface area contributed by atoms with Crippen molar-refractivity contribution in [3.63, 3.8) is 0 Å². The minimum Gasteiger partial charge on any atom is -0.369 e. The van der Waals surface area contributed by atoms with Crippen molar-refractivity contribution in [1.82, 2.24) is 14.9 Å². The van der Waals surface area contributed by atoms with Crippen LogP contribution in [0.25, 0.3) is 0 Å². The largest absolute Gasteiger partial charge is 0.369 e. The van der Waals surface area contributed by atoms with Gasteiger partial charge in [-0.15, -0.1) is 0 Å². The summed E-state index contributed by atoms with van der Waals surface area (Å²) < 4.78 is 0. The molecule has 0 fully saturated rings. The Bertz CT molecular complexity index is 284. The van der Waals surface area contributed by atoms with Gasteiger partial charge in [0, 0.05) is 20.2 Å². The lowest BCUT2D eigenvalue weighted by atomic mass is 10.6. The molecule has 0 bridgehead atoms. The zero-order valence-corrected chi connectivity index (χ0v) is 7.65. The fourth-order valence-corrected chi connectivity index (χ4v) is 0.711. The summed E-state index contributed by atoms with van der Waals surface area (Å²) >= 11 is 5.62. The number of hydrogen-bond donors (Lipinski definition) is 0. The maximum Gasteiger partial charge on any atom is 0.158 e. The van der Waals surface area contributed by atoms with E-state index in [-0.39, 0.29) is 0 Å². The molecule has 0 aromatic carbocycles. The highest BCUT2D eigenvalue weighted by molar-refractivity contribution is 6.29. The first-order valence-corrected chi connectivity index (χ1v) is 3.74. The minimum atomic E-state index is 0.399. The number of nitrogens with zero attached hydrogens (tertiary/aromatic N) is 4. The summed E-state index contributed by atoms with van der Waals surface area (Å²) in [6.45, 7) is 0. The molecule has 0 saturated carbocycles. The van der Waals surface area contributed by atoms with Gasteiger partial charge in [-0.25, -0.2) is 15.0 Å². The van der Waals surface area contributed by atoms with Gasteiger partial charge in [-0.1, -0.05) is 11.6 Å². The Kier molecular flexibility index (Phi) is 2.99. The van der Waals surface area contributed by atoms with Crippen molar-refractivity contribution in [2.75, 3.05) is 14.1 Å². The van der Waals surface area contributed by atoms with Crippen molar-refractivity contribution in [2.24, 2.45) is 4.99 Å². The van der Waals surface area contributed by atoms with Gasteiger partial charge in [0.1, 0.15) is 11.5 Å². The Labute approximate surface area is 75.9 Å². The van der Waals surface area contributed by atoms with Gasteiger partial charge < -0.3 is 4.90 Å². The molecule has 1 rings (SSSR count). The number of halogens is 1. The zero-order valence-electron chi connectivity index (χ0n) is 6.90. The molecule has 0 unspecified atom stereocenters. The number of aliphatic imine (C=N–C) groups is 1.